The van der Waals surface area contributed by atoms with Crippen molar-refractivity contribution in [1.29, 1.82) is 0 Å². The molecule has 1 amide bonds. The van der Waals surface area contributed by atoms with Gasteiger partial charge in [0.1, 0.15) is 0 Å². The number of amides is 1. The van der Waals surface area contributed by atoms with Gasteiger partial charge in [0, 0.05) is 31.6 Å². The lowest BCUT2D eigenvalue weighted by atomic mass is 9.88. The molecule has 0 aromatic heterocycles. The third kappa shape index (κ3) is 2.19. The summed E-state index contributed by atoms with van der Waals surface area (Å²) in [5.74, 6) is -0.235. The van der Waals surface area contributed by atoms with Crippen LogP contribution in [0.1, 0.15) is 19.8 Å². The number of rotatable bonds is 4. The molecule has 4 heteroatoms. The summed E-state index contributed by atoms with van der Waals surface area (Å²) in [6.07, 6.45) is 1.44. The van der Waals surface area contributed by atoms with E-state index in [1.807, 2.05) is 0 Å². The van der Waals surface area contributed by atoms with E-state index in [-0.39, 0.29) is 11.4 Å². The molecule has 1 saturated heterocycles. The number of hydrogen-bond donors (Lipinski definition) is 2. The predicted octanol–water partition coefficient (Wildman–Crippen LogP) is -0.715. The molecule has 0 aromatic rings. The molecule has 0 radical (unpaired) electrons. The Morgan fingerprint density at radius 3 is 2.58 bits per heavy atom. The molecule has 4 nitrogen and oxygen atoms in total. The molecule has 0 spiro atoms. The molecule has 4 N–H and O–H groups in total. The number of carbonyl (C=O) groups excluding carboxylic acids is 1. The first-order chi connectivity index (χ1) is 5.56. The molecule has 1 aliphatic rings. The van der Waals surface area contributed by atoms with Crippen molar-refractivity contribution in [3.8, 4) is 0 Å². The second-order valence-corrected chi connectivity index (χ2v) is 3.64. The van der Waals surface area contributed by atoms with Gasteiger partial charge in [-0.1, -0.05) is 6.92 Å². The van der Waals surface area contributed by atoms with E-state index in [0.29, 0.717) is 6.42 Å². The summed E-state index contributed by atoms with van der Waals surface area (Å²) in [5.41, 5.74) is 11.0. The lowest BCUT2D eigenvalue weighted by Gasteiger charge is -2.47. The summed E-state index contributed by atoms with van der Waals surface area (Å²) in [7, 11) is 0. The second kappa shape index (κ2) is 3.41. The molecule has 1 heterocycles. The summed E-state index contributed by atoms with van der Waals surface area (Å²) >= 11 is 0. The van der Waals surface area contributed by atoms with Gasteiger partial charge in [0.2, 0.25) is 5.91 Å². The Balaban J connectivity index is 2.13. The predicted molar refractivity (Wildman–Crippen MR) is 47.5 cm³/mol. The molecule has 1 fully saturated rings. The van der Waals surface area contributed by atoms with Crippen molar-refractivity contribution in [2.45, 2.75) is 25.3 Å². The van der Waals surface area contributed by atoms with Crippen molar-refractivity contribution in [2.75, 3.05) is 19.6 Å². The SMILES string of the molecule is CCC1(N)CN(CCC(N)=O)C1. The highest BCUT2D eigenvalue weighted by molar-refractivity contribution is 5.73. The monoisotopic (exact) mass is 171 g/mol. The van der Waals surface area contributed by atoms with Crippen molar-refractivity contribution in [3.05, 3.63) is 0 Å². The topological polar surface area (TPSA) is 72.3 Å². The van der Waals surface area contributed by atoms with Crippen LogP contribution in [0, 0.1) is 0 Å². The quantitative estimate of drug-likeness (QED) is 0.586. The minimum Gasteiger partial charge on any atom is -0.370 e. The molecular formula is C8H17N3O. The molecule has 12 heavy (non-hydrogen) atoms. The minimum absolute atomic E-state index is 0.00234. The van der Waals surface area contributed by atoms with E-state index in [9.17, 15) is 4.79 Å². The standard InChI is InChI=1S/C8H17N3O/c1-2-8(10)5-11(6-8)4-3-7(9)12/h2-6,10H2,1H3,(H2,9,12). The van der Waals surface area contributed by atoms with Gasteiger partial charge < -0.3 is 11.5 Å². The van der Waals surface area contributed by atoms with E-state index < -0.39 is 0 Å². The lowest BCUT2D eigenvalue weighted by molar-refractivity contribution is -0.118. The van der Waals surface area contributed by atoms with Crippen molar-refractivity contribution >= 4 is 5.91 Å². The summed E-state index contributed by atoms with van der Waals surface area (Å²) in [4.78, 5) is 12.6. The Labute approximate surface area is 72.9 Å². The number of hydrogen-bond acceptors (Lipinski definition) is 3. The van der Waals surface area contributed by atoms with Gasteiger partial charge >= 0.3 is 0 Å². The van der Waals surface area contributed by atoms with E-state index in [4.69, 9.17) is 11.5 Å². The average molecular weight is 171 g/mol. The highest BCUT2D eigenvalue weighted by Gasteiger charge is 2.37. The zero-order valence-electron chi connectivity index (χ0n) is 7.55. The minimum atomic E-state index is -0.235. The van der Waals surface area contributed by atoms with Crippen LogP contribution in [0.15, 0.2) is 0 Å². The van der Waals surface area contributed by atoms with Gasteiger partial charge in [-0.2, -0.15) is 0 Å². The highest BCUT2D eigenvalue weighted by Crippen LogP contribution is 2.20. The molecule has 0 saturated carbocycles. The van der Waals surface area contributed by atoms with Crippen molar-refractivity contribution in [1.82, 2.24) is 4.90 Å². The van der Waals surface area contributed by atoms with E-state index in [2.05, 4.69) is 11.8 Å². The fourth-order valence-corrected chi connectivity index (χ4v) is 1.49. The maximum Gasteiger partial charge on any atom is 0.218 e. The van der Waals surface area contributed by atoms with Gasteiger partial charge in [0.15, 0.2) is 0 Å². The average Bonchev–Trinajstić information content (AvgIpc) is 1.95. The van der Waals surface area contributed by atoms with Crippen LogP contribution in [-0.4, -0.2) is 36.0 Å². The Morgan fingerprint density at radius 1 is 1.58 bits per heavy atom. The van der Waals surface area contributed by atoms with Gasteiger partial charge in [-0.25, -0.2) is 0 Å². The smallest absolute Gasteiger partial charge is 0.218 e. The molecule has 0 bridgehead atoms. The Morgan fingerprint density at radius 2 is 2.17 bits per heavy atom. The number of nitrogens with two attached hydrogens (primary N) is 2. The Hall–Kier alpha value is -0.610. The fourth-order valence-electron chi connectivity index (χ4n) is 1.49. The van der Waals surface area contributed by atoms with Crippen LogP contribution in [-0.2, 0) is 4.79 Å². The summed E-state index contributed by atoms with van der Waals surface area (Å²) in [6, 6.07) is 0. The van der Waals surface area contributed by atoms with Gasteiger partial charge in [-0.15, -0.1) is 0 Å². The zero-order valence-corrected chi connectivity index (χ0v) is 7.55. The van der Waals surface area contributed by atoms with Crippen LogP contribution in [0.4, 0.5) is 0 Å². The largest absolute Gasteiger partial charge is 0.370 e. The molecule has 0 unspecified atom stereocenters. The number of likely N-dealkylation sites (tertiary alicyclic amines) is 1. The van der Waals surface area contributed by atoms with Crippen molar-refractivity contribution < 1.29 is 4.79 Å². The molecule has 0 atom stereocenters. The second-order valence-electron chi connectivity index (χ2n) is 3.64. The normalized spacial score (nSPS) is 21.8. The molecule has 0 aliphatic carbocycles. The summed E-state index contributed by atoms with van der Waals surface area (Å²) in [6.45, 7) is 4.65. The first-order valence-electron chi connectivity index (χ1n) is 4.35. The van der Waals surface area contributed by atoms with Crippen LogP contribution in [0.25, 0.3) is 0 Å². The van der Waals surface area contributed by atoms with Crippen molar-refractivity contribution in [3.63, 3.8) is 0 Å². The molecule has 0 aromatic carbocycles. The highest BCUT2D eigenvalue weighted by atomic mass is 16.1. The lowest BCUT2D eigenvalue weighted by Crippen LogP contribution is -2.67. The van der Waals surface area contributed by atoms with Crippen LogP contribution < -0.4 is 11.5 Å². The molecule has 1 rings (SSSR count). The van der Waals surface area contributed by atoms with Crippen LogP contribution >= 0.6 is 0 Å². The van der Waals surface area contributed by atoms with Crippen molar-refractivity contribution in [2.24, 2.45) is 11.5 Å². The Bertz CT molecular complexity index is 175. The maximum absolute atomic E-state index is 10.4. The first kappa shape index (κ1) is 9.48. The van der Waals surface area contributed by atoms with Gasteiger partial charge in [-0.3, -0.25) is 9.69 Å². The molecular weight excluding hydrogens is 154 g/mol. The number of carbonyl (C=O) groups is 1. The Kier molecular flexibility index (Phi) is 2.69. The first-order valence-corrected chi connectivity index (χ1v) is 4.35. The molecule has 70 valence electrons. The third-order valence-electron chi connectivity index (χ3n) is 2.46. The van der Waals surface area contributed by atoms with E-state index in [1.54, 1.807) is 0 Å². The summed E-state index contributed by atoms with van der Waals surface area (Å²) in [5, 5.41) is 0. The number of primary amides is 1. The van der Waals surface area contributed by atoms with Gasteiger partial charge in [-0.05, 0) is 6.42 Å². The molecule has 1 aliphatic heterocycles. The van der Waals surface area contributed by atoms with E-state index in [1.165, 1.54) is 0 Å². The van der Waals surface area contributed by atoms with Crippen LogP contribution in [0.3, 0.4) is 0 Å². The number of nitrogens with zero attached hydrogens (tertiary/aromatic N) is 1. The van der Waals surface area contributed by atoms with Crippen LogP contribution in [0.2, 0.25) is 0 Å². The van der Waals surface area contributed by atoms with E-state index >= 15 is 0 Å². The summed E-state index contributed by atoms with van der Waals surface area (Å²) < 4.78 is 0. The third-order valence-corrected chi connectivity index (χ3v) is 2.46. The fraction of sp³-hybridized carbons (Fsp3) is 0.875. The zero-order chi connectivity index (χ0) is 9.19. The van der Waals surface area contributed by atoms with Gasteiger partial charge in [0.05, 0.1) is 0 Å². The van der Waals surface area contributed by atoms with Crippen LogP contribution in [0.5, 0.6) is 0 Å². The van der Waals surface area contributed by atoms with Gasteiger partial charge in [0.25, 0.3) is 0 Å². The maximum atomic E-state index is 10.4. The van der Waals surface area contributed by atoms with E-state index in [0.717, 1.165) is 26.1 Å².